The van der Waals surface area contributed by atoms with Gasteiger partial charge in [0, 0.05) is 56.8 Å². The first kappa shape index (κ1) is 19.2. The van der Waals surface area contributed by atoms with E-state index in [-0.39, 0.29) is 0 Å². The first-order chi connectivity index (χ1) is 13.2. The molecule has 0 unspecified atom stereocenters. The molecule has 0 radical (unpaired) electrons. The lowest BCUT2D eigenvalue weighted by atomic mass is 10.2. The average Bonchev–Trinajstić information content (AvgIpc) is 2.69. The van der Waals surface area contributed by atoms with Crippen LogP contribution in [0.15, 0.2) is 47.6 Å². The van der Waals surface area contributed by atoms with Gasteiger partial charge < -0.3 is 15.1 Å². The Morgan fingerprint density at radius 3 is 2.59 bits per heavy atom. The lowest BCUT2D eigenvalue weighted by molar-refractivity contribution is 0.372. The molecule has 1 N–H and O–H groups in total. The van der Waals surface area contributed by atoms with Crippen LogP contribution < -0.4 is 10.2 Å². The summed E-state index contributed by atoms with van der Waals surface area (Å²) in [4.78, 5) is 14.1. The molecule has 1 aliphatic heterocycles. The van der Waals surface area contributed by atoms with E-state index in [2.05, 4.69) is 70.3 Å². The Kier molecular flexibility index (Phi) is 6.69. The molecule has 3 rings (SSSR count). The molecule has 5 nitrogen and oxygen atoms in total. The van der Waals surface area contributed by atoms with E-state index in [1.807, 2.05) is 13.1 Å². The van der Waals surface area contributed by atoms with Crippen LogP contribution in [0.1, 0.15) is 23.7 Å². The summed E-state index contributed by atoms with van der Waals surface area (Å²) in [6, 6.07) is 13.0. The summed E-state index contributed by atoms with van der Waals surface area (Å²) >= 11 is 0. The van der Waals surface area contributed by atoms with Gasteiger partial charge in [0.05, 0.1) is 0 Å². The van der Waals surface area contributed by atoms with E-state index in [1.54, 1.807) is 0 Å². The van der Waals surface area contributed by atoms with E-state index >= 15 is 0 Å². The normalized spacial score (nSPS) is 15.1. The molecule has 0 bridgehead atoms. The van der Waals surface area contributed by atoms with E-state index in [0.29, 0.717) is 0 Å². The van der Waals surface area contributed by atoms with Crippen LogP contribution in [0.2, 0.25) is 0 Å². The molecule has 5 heteroatoms. The van der Waals surface area contributed by atoms with Gasteiger partial charge in [-0.25, -0.2) is 0 Å². The van der Waals surface area contributed by atoms with Crippen molar-refractivity contribution in [1.29, 1.82) is 0 Å². The third kappa shape index (κ3) is 5.46. The number of nitrogens with one attached hydrogen (secondary N) is 1. The fourth-order valence-corrected chi connectivity index (χ4v) is 3.36. The molecule has 0 spiro atoms. The van der Waals surface area contributed by atoms with E-state index in [1.165, 1.54) is 16.8 Å². The summed E-state index contributed by atoms with van der Waals surface area (Å²) in [5.74, 6) is 1.03. The maximum atomic E-state index is 4.85. The summed E-state index contributed by atoms with van der Waals surface area (Å²) in [7, 11) is 0. The molecule has 1 aromatic carbocycles. The van der Waals surface area contributed by atoms with Crippen LogP contribution in [0.3, 0.4) is 0 Å². The fraction of sp³-hybridized carbons (Fsp3) is 0.455. The number of aromatic nitrogens is 1. The first-order valence-corrected chi connectivity index (χ1v) is 9.92. The molecule has 1 saturated heterocycles. The largest absolute Gasteiger partial charge is 0.368 e. The highest BCUT2D eigenvalue weighted by Crippen LogP contribution is 2.17. The van der Waals surface area contributed by atoms with Gasteiger partial charge in [-0.2, -0.15) is 0 Å². The predicted octanol–water partition coefficient (Wildman–Crippen LogP) is 3.03. The Bertz CT molecular complexity index is 746. The summed E-state index contributed by atoms with van der Waals surface area (Å²) in [5.41, 5.74) is 4.94. The van der Waals surface area contributed by atoms with Crippen LogP contribution in [-0.4, -0.2) is 55.1 Å². The number of benzene rings is 1. The highest BCUT2D eigenvalue weighted by atomic mass is 15.3. The smallest absolute Gasteiger partial charge is 0.194 e. The van der Waals surface area contributed by atoms with Crippen molar-refractivity contribution < 1.29 is 0 Å². The van der Waals surface area contributed by atoms with Gasteiger partial charge in [0.25, 0.3) is 0 Å². The summed E-state index contributed by atoms with van der Waals surface area (Å²) in [6.07, 6.45) is 2.88. The van der Waals surface area contributed by atoms with Gasteiger partial charge in [0.15, 0.2) is 5.96 Å². The Hall–Kier alpha value is -2.56. The van der Waals surface area contributed by atoms with Crippen molar-refractivity contribution in [2.75, 3.05) is 44.2 Å². The molecule has 2 aromatic rings. The Labute approximate surface area is 163 Å². The average molecular weight is 366 g/mol. The lowest BCUT2D eigenvalue weighted by Crippen LogP contribution is -2.52. The lowest BCUT2D eigenvalue weighted by Gasteiger charge is -2.37. The number of hydrogen-bond donors (Lipinski definition) is 1. The fourth-order valence-electron chi connectivity index (χ4n) is 3.36. The summed E-state index contributed by atoms with van der Waals surface area (Å²) < 4.78 is 0. The maximum Gasteiger partial charge on any atom is 0.194 e. The van der Waals surface area contributed by atoms with Gasteiger partial charge in [0.1, 0.15) is 0 Å². The molecular formula is C22H31N5. The zero-order valence-electron chi connectivity index (χ0n) is 16.8. The number of aliphatic imine (C=N–C) groups is 1. The monoisotopic (exact) mass is 365 g/mol. The molecule has 1 fully saturated rings. The van der Waals surface area contributed by atoms with Gasteiger partial charge in [-0.1, -0.05) is 18.2 Å². The molecule has 0 saturated carbocycles. The molecule has 144 valence electrons. The maximum absolute atomic E-state index is 4.85. The van der Waals surface area contributed by atoms with Gasteiger partial charge in [0.2, 0.25) is 0 Å². The predicted molar refractivity (Wildman–Crippen MR) is 114 cm³/mol. The van der Waals surface area contributed by atoms with Gasteiger partial charge in [-0.15, -0.1) is 0 Å². The zero-order chi connectivity index (χ0) is 19.1. The number of hydrogen-bond acceptors (Lipinski definition) is 3. The molecule has 0 atom stereocenters. The van der Waals surface area contributed by atoms with Gasteiger partial charge in [-0.05, 0) is 56.5 Å². The Balaban J connectivity index is 1.56. The SMILES string of the molecule is CCNC(=NCCc1ccc(C)nc1)N1CCN(c2cccc(C)c2)CC1. The number of pyridine rings is 1. The van der Waals surface area contributed by atoms with E-state index in [4.69, 9.17) is 4.99 Å². The van der Waals surface area contributed by atoms with Crippen molar-refractivity contribution in [3.63, 3.8) is 0 Å². The van der Waals surface area contributed by atoms with Crippen LogP contribution in [0.5, 0.6) is 0 Å². The second kappa shape index (κ2) is 9.40. The zero-order valence-corrected chi connectivity index (χ0v) is 16.8. The Morgan fingerprint density at radius 1 is 1.11 bits per heavy atom. The molecule has 0 amide bonds. The minimum absolute atomic E-state index is 0.783. The molecule has 27 heavy (non-hydrogen) atoms. The standard InChI is InChI=1S/C22H31N5/c1-4-23-22(24-11-10-20-9-8-19(3)25-17-20)27-14-12-26(13-15-27)21-7-5-6-18(2)16-21/h5-9,16-17H,4,10-15H2,1-3H3,(H,23,24). The van der Waals surface area contributed by atoms with Crippen molar-refractivity contribution >= 4 is 11.6 Å². The van der Waals surface area contributed by atoms with E-state index in [0.717, 1.165) is 57.3 Å². The second-order valence-electron chi connectivity index (χ2n) is 7.11. The topological polar surface area (TPSA) is 43.8 Å². The number of rotatable bonds is 5. The Morgan fingerprint density at radius 2 is 1.93 bits per heavy atom. The number of guanidine groups is 1. The highest BCUT2D eigenvalue weighted by Gasteiger charge is 2.19. The van der Waals surface area contributed by atoms with E-state index < -0.39 is 0 Å². The van der Waals surface area contributed by atoms with Gasteiger partial charge in [-0.3, -0.25) is 9.98 Å². The van der Waals surface area contributed by atoms with Crippen LogP contribution in [-0.2, 0) is 6.42 Å². The van der Waals surface area contributed by atoms with Crippen LogP contribution >= 0.6 is 0 Å². The van der Waals surface area contributed by atoms with Crippen LogP contribution in [0, 0.1) is 13.8 Å². The van der Waals surface area contributed by atoms with Crippen molar-refractivity contribution in [2.45, 2.75) is 27.2 Å². The molecule has 1 aromatic heterocycles. The molecule has 2 heterocycles. The second-order valence-corrected chi connectivity index (χ2v) is 7.11. The third-order valence-corrected chi connectivity index (χ3v) is 4.92. The van der Waals surface area contributed by atoms with Crippen LogP contribution in [0.25, 0.3) is 0 Å². The highest BCUT2D eigenvalue weighted by molar-refractivity contribution is 5.80. The summed E-state index contributed by atoms with van der Waals surface area (Å²) in [5, 5.41) is 3.45. The quantitative estimate of drug-likeness (QED) is 0.653. The molecular weight excluding hydrogens is 334 g/mol. The number of aryl methyl sites for hydroxylation is 2. The number of nitrogens with zero attached hydrogens (tertiary/aromatic N) is 4. The van der Waals surface area contributed by atoms with Crippen molar-refractivity contribution in [2.24, 2.45) is 4.99 Å². The van der Waals surface area contributed by atoms with Gasteiger partial charge >= 0.3 is 0 Å². The van der Waals surface area contributed by atoms with Crippen molar-refractivity contribution in [3.05, 3.63) is 59.4 Å². The number of piperazine rings is 1. The first-order valence-electron chi connectivity index (χ1n) is 9.92. The summed E-state index contributed by atoms with van der Waals surface area (Å²) in [6.45, 7) is 12.0. The number of anilines is 1. The van der Waals surface area contributed by atoms with Crippen LogP contribution in [0.4, 0.5) is 5.69 Å². The molecule has 1 aliphatic rings. The van der Waals surface area contributed by atoms with E-state index in [9.17, 15) is 0 Å². The van der Waals surface area contributed by atoms with Crippen molar-refractivity contribution in [1.82, 2.24) is 15.2 Å². The third-order valence-electron chi connectivity index (χ3n) is 4.92. The van der Waals surface area contributed by atoms with Crippen molar-refractivity contribution in [3.8, 4) is 0 Å². The molecule has 0 aliphatic carbocycles. The minimum atomic E-state index is 0.783. The minimum Gasteiger partial charge on any atom is -0.368 e.